The molecule has 0 fully saturated rings. The van der Waals surface area contributed by atoms with Crippen molar-refractivity contribution < 1.29 is 38.2 Å². The van der Waals surface area contributed by atoms with Crippen LogP contribution < -0.4 is 10.6 Å². The van der Waals surface area contributed by atoms with Crippen molar-refractivity contribution in [2.24, 2.45) is 0 Å². The fraction of sp³-hybridized carbons (Fsp3) is 0.320. The molecule has 10 heteroatoms. The first-order valence-corrected chi connectivity index (χ1v) is 11.0. The van der Waals surface area contributed by atoms with Gasteiger partial charge in [0, 0.05) is 24.2 Å². The third-order valence-corrected chi connectivity index (χ3v) is 4.58. The topological polar surface area (TPSA) is 137 Å². The molecule has 0 aliphatic heterocycles. The predicted molar refractivity (Wildman–Crippen MR) is 127 cm³/mol. The van der Waals surface area contributed by atoms with E-state index in [4.69, 9.17) is 9.47 Å². The van der Waals surface area contributed by atoms with Crippen molar-refractivity contribution in [3.63, 3.8) is 0 Å². The highest BCUT2D eigenvalue weighted by Crippen LogP contribution is 2.12. The third kappa shape index (κ3) is 9.66. The zero-order chi connectivity index (χ0) is 25.6. The van der Waals surface area contributed by atoms with E-state index >= 15 is 0 Å². The van der Waals surface area contributed by atoms with Gasteiger partial charge in [0.2, 0.25) is 5.91 Å². The molecule has 0 bridgehead atoms. The second-order valence-corrected chi connectivity index (χ2v) is 7.39. The summed E-state index contributed by atoms with van der Waals surface area (Å²) in [7, 11) is 1.27. The largest absolute Gasteiger partial charge is 0.465 e. The Morgan fingerprint density at radius 2 is 1.26 bits per heavy atom. The van der Waals surface area contributed by atoms with Crippen LogP contribution in [-0.2, 0) is 28.6 Å². The van der Waals surface area contributed by atoms with E-state index in [1.807, 2.05) is 6.92 Å². The zero-order valence-electron chi connectivity index (χ0n) is 19.6. The molecule has 0 aromatic heterocycles. The number of amides is 2. The molecule has 0 unspecified atom stereocenters. The van der Waals surface area contributed by atoms with Gasteiger partial charge in [-0.2, -0.15) is 0 Å². The number of hydrogen-bond acceptors (Lipinski definition) is 8. The highest BCUT2D eigenvalue weighted by Gasteiger charge is 2.11. The Labute approximate surface area is 202 Å². The second kappa shape index (κ2) is 14.1. The second-order valence-electron chi connectivity index (χ2n) is 7.39. The maximum Gasteiger partial charge on any atom is 0.338 e. The Balaban J connectivity index is 1.64. The quantitative estimate of drug-likeness (QED) is 0.346. The van der Waals surface area contributed by atoms with Crippen LogP contribution in [0.3, 0.4) is 0 Å². The van der Waals surface area contributed by atoms with E-state index in [1.54, 1.807) is 24.3 Å². The fourth-order valence-corrected chi connectivity index (χ4v) is 2.81. The van der Waals surface area contributed by atoms with Crippen molar-refractivity contribution in [2.45, 2.75) is 32.6 Å². The van der Waals surface area contributed by atoms with Crippen molar-refractivity contribution in [3.8, 4) is 0 Å². The first kappa shape index (κ1) is 27.0. The maximum atomic E-state index is 12.1. The number of rotatable bonds is 12. The molecular formula is C25H28N2O8. The third-order valence-electron chi connectivity index (χ3n) is 4.58. The Kier molecular flexibility index (Phi) is 10.9. The number of esters is 3. The van der Waals surface area contributed by atoms with Gasteiger partial charge in [0.05, 0.1) is 24.8 Å². The normalized spacial score (nSPS) is 10.1. The summed E-state index contributed by atoms with van der Waals surface area (Å²) in [6, 6.07) is 12.3. The van der Waals surface area contributed by atoms with Crippen molar-refractivity contribution >= 4 is 41.1 Å². The van der Waals surface area contributed by atoms with E-state index in [0.29, 0.717) is 29.1 Å². The smallest absolute Gasteiger partial charge is 0.338 e. The van der Waals surface area contributed by atoms with Crippen LogP contribution in [0.15, 0.2) is 48.5 Å². The van der Waals surface area contributed by atoms with Gasteiger partial charge in [-0.3, -0.25) is 14.4 Å². The van der Waals surface area contributed by atoms with Crippen molar-refractivity contribution in [1.82, 2.24) is 0 Å². The summed E-state index contributed by atoms with van der Waals surface area (Å²) in [5.41, 5.74) is 1.67. The van der Waals surface area contributed by atoms with Gasteiger partial charge in [-0.15, -0.1) is 0 Å². The molecule has 0 aliphatic rings. The molecule has 2 rings (SSSR count). The van der Waals surface area contributed by atoms with E-state index in [1.165, 1.54) is 31.4 Å². The molecule has 2 aromatic rings. The summed E-state index contributed by atoms with van der Waals surface area (Å²) in [4.78, 5) is 59.0. The van der Waals surface area contributed by atoms with Gasteiger partial charge >= 0.3 is 17.9 Å². The molecule has 0 radical (unpaired) electrons. The van der Waals surface area contributed by atoms with Gasteiger partial charge in [0.15, 0.2) is 6.61 Å². The molecular weight excluding hydrogens is 456 g/mol. The van der Waals surface area contributed by atoms with Gasteiger partial charge < -0.3 is 24.8 Å². The number of hydrogen-bond donors (Lipinski definition) is 2. The Morgan fingerprint density at radius 1 is 0.714 bits per heavy atom. The highest BCUT2D eigenvalue weighted by molar-refractivity contribution is 5.95. The van der Waals surface area contributed by atoms with E-state index < -0.39 is 30.4 Å². The molecule has 2 amide bonds. The van der Waals surface area contributed by atoms with E-state index in [2.05, 4.69) is 15.4 Å². The van der Waals surface area contributed by atoms with Crippen LogP contribution in [-0.4, -0.2) is 50.0 Å². The minimum atomic E-state index is -0.607. The van der Waals surface area contributed by atoms with Gasteiger partial charge in [-0.05, 0) is 61.4 Å². The summed E-state index contributed by atoms with van der Waals surface area (Å²) in [6.45, 7) is 1.77. The Morgan fingerprint density at radius 3 is 1.80 bits per heavy atom. The lowest BCUT2D eigenvalue weighted by Gasteiger charge is -2.08. The van der Waals surface area contributed by atoms with Gasteiger partial charge in [0.1, 0.15) is 0 Å². The van der Waals surface area contributed by atoms with E-state index in [0.717, 1.165) is 6.42 Å². The van der Waals surface area contributed by atoms with Crippen LogP contribution >= 0.6 is 0 Å². The highest BCUT2D eigenvalue weighted by atomic mass is 16.5. The summed E-state index contributed by atoms with van der Waals surface area (Å²) < 4.78 is 14.6. The molecule has 2 aromatic carbocycles. The van der Waals surface area contributed by atoms with Crippen LogP contribution in [0, 0.1) is 0 Å². The summed E-state index contributed by atoms with van der Waals surface area (Å²) in [5.74, 6) is -2.36. The molecule has 186 valence electrons. The lowest BCUT2D eigenvalue weighted by Crippen LogP contribution is -2.21. The van der Waals surface area contributed by atoms with Gasteiger partial charge in [0.25, 0.3) is 5.91 Å². The summed E-state index contributed by atoms with van der Waals surface area (Å²) in [5, 5.41) is 5.22. The van der Waals surface area contributed by atoms with Crippen LogP contribution in [0.5, 0.6) is 0 Å². The molecule has 0 aliphatic carbocycles. The minimum absolute atomic E-state index is 0.0310. The standard InChI is InChI=1S/C25H28N2O8/c1-3-15-34-25(32)18-9-13-19(14-10-18)26-21(28)5-4-6-23(30)35-16-22(29)27-20-11-7-17(8-12-20)24(31)33-2/h7-14H,3-6,15-16H2,1-2H3,(H,26,28)(H,27,29). The monoisotopic (exact) mass is 484 g/mol. The minimum Gasteiger partial charge on any atom is -0.465 e. The average molecular weight is 485 g/mol. The molecule has 35 heavy (non-hydrogen) atoms. The lowest BCUT2D eigenvalue weighted by atomic mass is 10.2. The van der Waals surface area contributed by atoms with E-state index in [9.17, 15) is 24.0 Å². The number of carbonyl (C=O) groups is 5. The molecule has 0 saturated carbocycles. The SMILES string of the molecule is CCCOC(=O)c1ccc(NC(=O)CCCC(=O)OCC(=O)Nc2ccc(C(=O)OC)cc2)cc1. The first-order chi connectivity index (χ1) is 16.8. The molecule has 0 saturated heterocycles. The number of ether oxygens (including phenoxy) is 3. The summed E-state index contributed by atoms with van der Waals surface area (Å²) in [6.07, 6.45) is 1.02. The van der Waals surface area contributed by atoms with Crippen LogP contribution in [0.25, 0.3) is 0 Å². The number of methoxy groups -OCH3 is 1. The number of benzene rings is 2. The number of anilines is 2. The molecule has 0 atom stereocenters. The van der Waals surface area contributed by atoms with Crippen molar-refractivity contribution in [2.75, 3.05) is 31.0 Å². The summed E-state index contributed by atoms with van der Waals surface area (Å²) >= 11 is 0. The zero-order valence-corrected chi connectivity index (χ0v) is 19.6. The lowest BCUT2D eigenvalue weighted by molar-refractivity contribution is -0.147. The first-order valence-electron chi connectivity index (χ1n) is 11.0. The number of carbonyl (C=O) groups excluding carboxylic acids is 5. The van der Waals surface area contributed by atoms with Crippen molar-refractivity contribution in [3.05, 3.63) is 59.7 Å². The molecule has 2 N–H and O–H groups in total. The van der Waals surface area contributed by atoms with Crippen LogP contribution in [0.2, 0.25) is 0 Å². The Bertz CT molecular complexity index is 1030. The average Bonchev–Trinajstić information content (AvgIpc) is 2.86. The van der Waals surface area contributed by atoms with Crippen LogP contribution in [0.1, 0.15) is 53.3 Å². The van der Waals surface area contributed by atoms with E-state index in [-0.39, 0.29) is 25.2 Å². The molecule has 0 heterocycles. The predicted octanol–water partition coefficient (Wildman–Crippen LogP) is 3.33. The fourth-order valence-electron chi connectivity index (χ4n) is 2.81. The van der Waals surface area contributed by atoms with Gasteiger partial charge in [-0.25, -0.2) is 9.59 Å². The maximum absolute atomic E-state index is 12.1. The van der Waals surface area contributed by atoms with Crippen molar-refractivity contribution in [1.29, 1.82) is 0 Å². The van der Waals surface area contributed by atoms with Gasteiger partial charge in [-0.1, -0.05) is 6.92 Å². The number of nitrogens with one attached hydrogen (secondary N) is 2. The molecule has 0 spiro atoms. The van der Waals surface area contributed by atoms with Crippen LogP contribution in [0.4, 0.5) is 11.4 Å². The Hall–Kier alpha value is -4.21. The molecule has 10 nitrogen and oxygen atoms in total.